The van der Waals surface area contributed by atoms with Crippen molar-refractivity contribution in [1.29, 1.82) is 0 Å². The summed E-state index contributed by atoms with van der Waals surface area (Å²) in [5, 5.41) is 13.3. The number of hydrogen-bond acceptors (Lipinski definition) is 7. The van der Waals surface area contributed by atoms with Crippen LogP contribution in [0.5, 0.6) is 0 Å². The van der Waals surface area contributed by atoms with Crippen molar-refractivity contribution in [2.45, 2.75) is 45.5 Å². The van der Waals surface area contributed by atoms with E-state index >= 15 is 0 Å². The van der Waals surface area contributed by atoms with Gasteiger partial charge < -0.3 is 19.8 Å². The molecular formula is C19H26IN7O2S. The SMILES string of the molecule is CCNC(=NCc1coc(-c2cccs2)n1)NC1CCc2nc(COC)nn2C1.I. The summed E-state index contributed by atoms with van der Waals surface area (Å²) >= 11 is 1.61. The molecule has 0 aromatic carbocycles. The number of guanidine groups is 1. The summed E-state index contributed by atoms with van der Waals surface area (Å²) in [6, 6.07) is 4.21. The molecule has 3 aromatic heterocycles. The first-order valence-corrected chi connectivity index (χ1v) is 10.6. The van der Waals surface area contributed by atoms with E-state index < -0.39 is 0 Å². The highest BCUT2D eigenvalue weighted by atomic mass is 127. The third kappa shape index (κ3) is 5.58. The van der Waals surface area contributed by atoms with Crippen LogP contribution in [-0.2, 0) is 30.9 Å². The third-order valence-electron chi connectivity index (χ3n) is 4.54. The number of halogens is 1. The van der Waals surface area contributed by atoms with Crippen LogP contribution >= 0.6 is 35.3 Å². The van der Waals surface area contributed by atoms with Gasteiger partial charge in [-0.25, -0.2) is 19.6 Å². The zero-order valence-corrected chi connectivity index (χ0v) is 20.1. The molecule has 1 atom stereocenters. The number of ether oxygens (including phenoxy) is 1. The van der Waals surface area contributed by atoms with Crippen LogP contribution in [0, 0.1) is 0 Å². The number of nitrogens with zero attached hydrogens (tertiary/aromatic N) is 5. The van der Waals surface area contributed by atoms with Gasteiger partial charge in [-0.3, -0.25) is 0 Å². The van der Waals surface area contributed by atoms with Crippen LogP contribution in [0.3, 0.4) is 0 Å². The second-order valence-corrected chi connectivity index (χ2v) is 7.70. The normalized spacial score (nSPS) is 16.1. The summed E-state index contributed by atoms with van der Waals surface area (Å²) in [7, 11) is 1.65. The van der Waals surface area contributed by atoms with Gasteiger partial charge in [0.1, 0.15) is 24.4 Å². The number of aliphatic imine (C=N–C) groups is 1. The van der Waals surface area contributed by atoms with Gasteiger partial charge in [-0.05, 0) is 24.8 Å². The van der Waals surface area contributed by atoms with E-state index in [1.807, 2.05) is 22.2 Å². The van der Waals surface area contributed by atoms with E-state index in [2.05, 4.69) is 37.6 Å². The zero-order valence-electron chi connectivity index (χ0n) is 17.0. The van der Waals surface area contributed by atoms with E-state index in [4.69, 9.17) is 9.15 Å². The molecule has 0 saturated heterocycles. The number of nitrogens with one attached hydrogen (secondary N) is 2. The molecule has 0 radical (unpaired) electrons. The van der Waals surface area contributed by atoms with E-state index in [0.29, 0.717) is 19.0 Å². The molecule has 4 heterocycles. The Morgan fingerprint density at radius 1 is 1.43 bits per heavy atom. The Morgan fingerprint density at radius 2 is 2.33 bits per heavy atom. The number of aryl methyl sites for hydroxylation is 1. The largest absolute Gasteiger partial charge is 0.443 e. The molecule has 162 valence electrons. The van der Waals surface area contributed by atoms with Crippen LogP contribution in [0.1, 0.15) is 30.7 Å². The van der Waals surface area contributed by atoms with Gasteiger partial charge in [0.05, 0.1) is 18.0 Å². The summed E-state index contributed by atoms with van der Waals surface area (Å²) in [6.45, 7) is 4.47. The Bertz CT molecular complexity index is 954. The molecule has 0 bridgehead atoms. The molecule has 1 unspecified atom stereocenters. The molecule has 1 aliphatic heterocycles. The van der Waals surface area contributed by atoms with Crippen LogP contribution in [-0.4, -0.2) is 45.4 Å². The smallest absolute Gasteiger partial charge is 0.236 e. The highest BCUT2D eigenvalue weighted by Crippen LogP contribution is 2.23. The van der Waals surface area contributed by atoms with E-state index in [1.54, 1.807) is 24.7 Å². The zero-order chi connectivity index (χ0) is 20.1. The summed E-state index contributed by atoms with van der Waals surface area (Å²) in [5.74, 6) is 3.15. The highest BCUT2D eigenvalue weighted by Gasteiger charge is 2.22. The van der Waals surface area contributed by atoms with Crippen molar-refractivity contribution in [3.63, 3.8) is 0 Å². The van der Waals surface area contributed by atoms with Gasteiger partial charge in [0, 0.05) is 26.1 Å². The molecule has 2 N–H and O–H groups in total. The maximum atomic E-state index is 5.57. The lowest BCUT2D eigenvalue weighted by atomic mass is 10.1. The van der Waals surface area contributed by atoms with E-state index in [0.717, 1.165) is 54.1 Å². The molecule has 0 fully saturated rings. The van der Waals surface area contributed by atoms with Crippen molar-refractivity contribution in [3.8, 4) is 10.8 Å². The molecule has 9 nitrogen and oxygen atoms in total. The topological polar surface area (TPSA) is 102 Å². The molecule has 11 heteroatoms. The predicted molar refractivity (Wildman–Crippen MR) is 126 cm³/mol. The number of oxazole rings is 1. The molecule has 30 heavy (non-hydrogen) atoms. The monoisotopic (exact) mass is 543 g/mol. The molecule has 0 saturated carbocycles. The summed E-state index contributed by atoms with van der Waals surface area (Å²) in [4.78, 5) is 14.7. The summed E-state index contributed by atoms with van der Waals surface area (Å²) in [5.41, 5.74) is 0.803. The van der Waals surface area contributed by atoms with Gasteiger partial charge in [0.25, 0.3) is 0 Å². The minimum Gasteiger partial charge on any atom is -0.443 e. The number of aromatic nitrogens is 4. The molecular weight excluding hydrogens is 517 g/mol. The van der Waals surface area contributed by atoms with Crippen molar-refractivity contribution < 1.29 is 9.15 Å². The summed E-state index contributed by atoms with van der Waals surface area (Å²) < 4.78 is 12.7. The highest BCUT2D eigenvalue weighted by molar-refractivity contribution is 14.0. The van der Waals surface area contributed by atoms with Gasteiger partial charge in [0.15, 0.2) is 11.8 Å². The van der Waals surface area contributed by atoms with Gasteiger partial charge in [-0.15, -0.1) is 35.3 Å². The van der Waals surface area contributed by atoms with Crippen LogP contribution in [0.25, 0.3) is 10.8 Å². The van der Waals surface area contributed by atoms with E-state index in [1.165, 1.54) is 0 Å². The fourth-order valence-corrected chi connectivity index (χ4v) is 3.89. The van der Waals surface area contributed by atoms with E-state index in [-0.39, 0.29) is 30.0 Å². The average Bonchev–Trinajstić information content (AvgIpc) is 3.46. The minimum atomic E-state index is 0. The van der Waals surface area contributed by atoms with Crippen LogP contribution in [0.2, 0.25) is 0 Å². The first-order valence-electron chi connectivity index (χ1n) is 9.69. The van der Waals surface area contributed by atoms with Crippen molar-refractivity contribution in [3.05, 3.63) is 41.1 Å². The number of fused-ring (bicyclic) bond motifs is 1. The quantitative estimate of drug-likeness (QED) is 0.269. The second-order valence-electron chi connectivity index (χ2n) is 6.76. The maximum Gasteiger partial charge on any atom is 0.236 e. The van der Waals surface area contributed by atoms with Crippen molar-refractivity contribution >= 4 is 41.3 Å². The van der Waals surface area contributed by atoms with Gasteiger partial charge in [-0.1, -0.05) is 6.07 Å². The molecule has 0 amide bonds. The first kappa shape index (κ1) is 22.7. The van der Waals surface area contributed by atoms with Crippen molar-refractivity contribution in [2.75, 3.05) is 13.7 Å². The Hall–Kier alpha value is -1.99. The van der Waals surface area contributed by atoms with Crippen LogP contribution in [0.4, 0.5) is 0 Å². The van der Waals surface area contributed by atoms with Crippen LogP contribution < -0.4 is 10.6 Å². The fraction of sp³-hybridized carbons (Fsp3) is 0.474. The molecule has 0 spiro atoms. The number of methoxy groups -OCH3 is 1. The lowest BCUT2D eigenvalue weighted by molar-refractivity contribution is 0.177. The molecule has 4 rings (SSSR count). The lowest BCUT2D eigenvalue weighted by Crippen LogP contribution is -2.47. The molecule has 3 aromatic rings. The third-order valence-corrected chi connectivity index (χ3v) is 5.40. The average molecular weight is 543 g/mol. The summed E-state index contributed by atoms with van der Waals surface area (Å²) in [6.07, 6.45) is 3.52. The first-order chi connectivity index (χ1) is 14.2. The van der Waals surface area contributed by atoms with Gasteiger partial charge in [0.2, 0.25) is 5.89 Å². The number of hydrogen-bond donors (Lipinski definition) is 2. The van der Waals surface area contributed by atoms with E-state index in [9.17, 15) is 0 Å². The minimum absolute atomic E-state index is 0. The standard InChI is InChI=1S/C19H25N7O2S.HI/c1-3-20-19(21-9-14-11-28-18(22-14)15-5-4-8-29-15)23-13-6-7-17-24-16(12-27-2)25-26(17)10-13;/h4-5,8,11,13H,3,6-7,9-10,12H2,1-2H3,(H2,20,21,23);1H. The predicted octanol–water partition coefficient (Wildman–Crippen LogP) is 2.83. The van der Waals surface area contributed by atoms with Crippen molar-refractivity contribution in [2.24, 2.45) is 4.99 Å². The number of thiophene rings is 1. The second kappa shape index (κ2) is 10.9. The van der Waals surface area contributed by atoms with Crippen molar-refractivity contribution in [1.82, 2.24) is 30.4 Å². The number of rotatable bonds is 7. The molecule has 0 aliphatic carbocycles. The maximum absolute atomic E-state index is 5.57. The Morgan fingerprint density at radius 3 is 3.10 bits per heavy atom. The van der Waals surface area contributed by atoms with Gasteiger partial charge in [-0.2, -0.15) is 5.10 Å². The fourth-order valence-electron chi connectivity index (χ4n) is 3.24. The van der Waals surface area contributed by atoms with Crippen LogP contribution in [0.15, 0.2) is 33.2 Å². The molecule has 1 aliphatic rings. The Balaban J connectivity index is 0.00000256. The Labute approximate surface area is 196 Å². The lowest BCUT2D eigenvalue weighted by Gasteiger charge is -2.25. The Kier molecular flexibility index (Phi) is 8.22. The van der Waals surface area contributed by atoms with Gasteiger partial charge >= 0.3 is 0 Å².